The van der Waals surface area contributed by atoms with Gasteiger partial charge in [-0.05, 0) is 25.7 Å². The SMILES string of the molecule is CCCCCCCCCCCCCCCCOC(=O)/C=C/C(=O)OC1CCC1. The molecule has 0 aromatic heterocycles. The van der Waals surface area contributed by atoms with Gasteiger partial charge in [0.05, 0.1) is 6.61 Å². The van der Waals surface area contributed by atoms with Crippen molar-refractivity contribution >= 4 is 11.9 Å². The van der Waals surface area contributed by atoms with Crippen LogP contribution in [0, 0.1) is 0 Å². The predicted octanol–water partition coefficient (Wildman–Crippen LogP) is 6.66. The fourth-order valence-electron chi connectivity index (χ4n) is 3.35. The van der Waals surface area contributed by atoms with E-state index < -0.39 is 11.9 Å². The summed E-state index contributed by atoms with van der Waals surface area (Å²) < 4.78 is 10.2. The Labute approximate surface area is 172 Å². The zero-order chi connectivity index (χ0) is 20.3. The van der Waals surface area contributed by atoms with Gasteiger partial charge in [0.2, 0.25) is 0 Å². The summed E-state index contributed by atoms with van der Waals surface area (Å²) in [5, 5.41) is 0. The molecule has 0 aromatic carbocycles. The normalized spacial score (nSPS) is 14.2. The fourth-order valence-corrected chi connectivity index (χ4v) is 3.35. The van der Waals surface area contributed by atoms with Crippen LogP contribution in [-0.2, 0) is 19.1 Å². The van der Waals surface area contributed by atoms with Crippen molar-refractivity contribution in [3.63, 3.8) is 0 Å². The van der Waals surface area contributed by atoms with Gasteiger partial charge in [0.25, 0.3) is 0 Å². The molecule has 1 fully saturated rings. The van der Waals surface area contributed by atoms with E-state index in [1.165, 1.54) is 89.2 Å². The Hall–Kier alpha value is -1.32. The van der Waals surface area contributed by atoms with Crippen LogP contribution in [0.25, 0.3) is 0 Å². The number of hydrogen-bond donors (Lipinski definition) is 0. The highest BCUT2D eigenvalue weighted by molar-refractivity contribution is 5.91. The van der Waals surface area contributed by atoms with Gasteiger partial charge < -0.3 is 9.47 Å². The highest BCUT2D eigenvalue weighted by Crippen LogP contribution is 2.21. The third kappa shape index (κ3) is 14.7. The lowest BCUT2D eigenvalue weighted by atomic mass is 9.96. The molecule has 1 rings (SSSR count). The van der Waals surface area contributed by atoms with Gasteiger partial charge in [-0.15, -0.1) is 0 Å². The largest absolute Gasteiger partial charge is 0.463 e. The maximum absolute atomic E-state index is 11.5. The molecule has 4 heteroatoms. The number of carbonyl (C=O) groups is 2. The van der Waals surface area contributed by atoms with Crippen molar-refractivity contribution < 1.29 is 19.1 Å². The molecular formula is C24H42O4. The van der Waals surface area contributed by atoms with Crippen LogP contribution in [0.2, 0.25) is 0 Å². The first-order valence-corrected chi connectivity index (χ1v) is 11.8. The Morgan fingerprint density at radius 3 is 1.64 bits per heavy atom. The molecule has 0 N–H and O–H groups in total. The van der Waals surface area contributed by atoms with Crippen molar-refractivity contribution in [3.8, 4) is 0 Å². The van der Waals surface area contributed by atoms with E-state index in [1.54, 1.807) is 0 Å². The summed E-state index contributed by atoms with van der Waals surface area (Å²) >= 11 is 0. The lowest BCUT2D eigenvalue weighted by molar-refractivity contribution is -0.147. The monoisotopic (exact) mass is 394 g/mol. The molecule has 0 unspecified atom stereocenters. The minimum atomic E-state index is -0.458. The average molecular weight is 395 g/mol. The zero-order valence-electron chi connectivity index (χ0n) is 18.1. The molecular weight excluding hydrogens is 352 g/mol. The number of hydrogen-bond acceptors (Lipinski definition) is 4. The Balaban J connectivity index is 1.78. The second-order valence-corrected chi connectivity index (χ2v) is 8.09. The molecule has 0 aliphatic heterocycles. The van der Waals surface area contributed by atoms with E-state index in [1.807, 2.05) is 0 Å². The molecule has 1 aliphatic rings. The van der Waals surface area contributed by atoms with Gasteiger partial charge >= 0.3 is 11.9 Å². The lowest BCUT2D eigenvalue weighted by Crippen LogP contribution is -2.24. The van der Waals surface area contributed by atoms with Crippen LogP contribution in [0.3, 0.4) is 0 Å². The van der Waals surface area contributed by atoms with Crippen molar-refractivity contribution in [2.75, 3.05) is 6.61 Å². The topological polar surface area (TPSA) is 52.6 Å². The summed E-state index contributed by atoms with van der Waals surface area (Å²) in [7, 11) is 0. The molecule has 0 saturated heterocycles. The van der Waals surface area contributed by atoms with E-state index in [2.05, 4.69) is 6.92 Å². The molecule has 0 bridgehead atoms. The van der Waals surface area contributed by atoms with Gasteiger partial charge in [0, 0.05) is 12.2 Å². The van der Waals surface area contributed by atoms with E-state index in [0.717, 1.165) is 32.1 Å². The lowest BCUT2D eigenvalue weighted by Gasteiger charge is -2.24. The number of ether oxygens (including phenoxy) is 2. The van der Waals surface area contributed by atoms with Crippen molar-refractivity contribution in [1.29, 1.82) is 0 Å². The van der Waals surface area contributed by atoms with E-state index in [0.29, 0.717) is 6.61 Å². The quantitative estimate of drug-likeness (QED) is 0.148. The fraction of sp³-hybridized carbons (Fsp3) is 0.833. The molecule has 0 radical (unpaired) electrons. The Morgan fingerprint density at radius 1 is 0.714 bits per heavy atom. The Bertz CT molecular complexity index is 426. The van der Waals surface area contributed by atoms with Gasteiger partial charge in [-0.1, -0.05) is 90.4 Å². The number of rotatable bonds is 18. The summed E-state index contributed by atoms with van der Waals surface area (Å²) in [5.41, 5.74) is 0. The van der Waals surface area contributed by atoms with Crippen molar-refractivity contribution in [2.24, 2.45) is 0 Å². The minimum Gasteiger partial charge on any atom is -0.463 e. The molecule has 0 amide bonds. The van der Waals surface area contributed by atoms with Gasteiger partial charge in [-0.2, -0.15) is 0 Å². The van der Waals surface area contributed by atoms with Crippen molar-refractivity contribution in [1.82, 2.24) is 0 Å². The summed E-state index contributed by atoms with van der Waals surface area (Å²) in [5.74, 6) is -0.904. The summed E-state index contributed by atoms with van der Waals surface area (Å²) in [6.45, 7) is 2.69. The van der Waals surface area contributed by atoms with Gasteiger partial charge in [-0.25, -0.2) is 9.59 Å². The number of unbranched alkanes of at least 4 members (excludes halogenated alkanes) is 13. The standard InChI is InChI=1S/C24H42O4/c1-2-3-4-5-6-7-8-9-10-11-12-13-14-15-21-27-23(25)19-20-24(26)28-22-17-16-18-22/h19-20,22H,2-18,21H2,1H3/b20-19+. The summed E-state index contributed by atoms with van der Waals surface area (Å²) in [4.78, 5) is 23.0. The number of esters is 2. The third-order valence-corrected chi connectivity index (χ3v) is 5.43. The average Bonchev–Trinajstić information content (AvgIpc) is 2.66. The van der Waals surface area contributed by atoms with Crippen LogP contribution in [0.1, 0.15) is 116 Å². The van der Waals surface area contributed by atoms with Crippen LogP contribution in [0.5, 0.6) is 0 Å². The molecule has 0 spiro atoms. The maximum Gasteiger partial charge on any atom is 0.331 e. The van der Waals surface area contributed by atoms with Gasteiger partial charge in [0.15, 0.2) is 0 Å². The van der Waals surface area contributed by atoms with Crippen molar-refractivity contribution in [3.05, 3.63) is 12.2 Å². The second kappa shape index (κ2) is 17.8. The Kier molecular flexibility index (Phi) is 15.7. The highest BCUT2D eigenvalue weighted by Gasteiger charge is 2.20. The predicted molar refractivity (Wildman–Crippen MR) is 114 cm³/mol. The van der Waals surface area contributed by atoms with E-state index in [4.69, 9.17) is 9.47 Å². The molecule has 162 valence electrons. The summed E-state index contributed by atoms with van der Waals surface area (Å²) in [6, 6.07) is 0. The Morgan fingerprint density at radius 2 is 1.18 bits per heavy atom. The molecule has 1 aliphatic carbocycles. The first-order chi connectivity index (χ1) is 13.7. The third-order valence-electron chi connectivity index (χ3n) is 5.43. The van der Waals surface area contributed by atoms with Crippen LogP contribution < -0.4 is 0 Å². The van der Waals surface area contributed by atoms with Crippen LogP contribution in [0.15, 0.2) is 12.2 Å². The molecule has 0 atom stereocenters. The first-order valence-electron chi connectivity index (χ1n) is 11.8. The minimum absolute atomic E-state index is 0.0451. The highest BCUT2D eigenvalue weighted by atomic mass is 16.5. The molecule has 0 aromatic rings. The number of carbonyl (C=O) groups excluding carboxylic acids is 2. The van der Waals surface area contributed by atoms with Crippen LogP contribution >= 0.6 is 0 Å². The first kappa shape index (κ1) is 24.7. The smallest absolute Gasteiger partial charge is 0.331 e. The van der Waals surface area contributed by atoms with Crippen LogP contribution in [0.4, 0.5) is 0 Å². The molecule has 28 heavy (non-hydrogen) atoms. The zero-order valence-corrected chi connectivity index (χ0v) is 18.1. The van der Waals surface area contributed by atoms with E-state index in [9.17, 15) is 9.59 Å². The van der Waals surface area contributed by atoms with Crippen LogP contribution in [-0.4, -0.2) is 24.6 Å². The molecule has 4 nitrogen and oxygen atoms in total. The van der Waals surface area contributed by atoms with Gasteiger partial charge in [-0.3, -0.25) is 0 Å². The summed E-state index contributed by atoms with van der Waals surface area (Å²) in [6.07, 6.45) is 23.6. The molecule has 1 saturated carbocycles. The van der Waals surface area contributed by atoms with E-state index in [-0.39, 0.29) is 6.10 Å². The molecule has 0 heterocycles. The van der Waals surface area contributed by atoms with Gasteiger partial charge in [0.1, 0.15) is 6.10 Å². The maximum atomic E-state index is 11.5. The second-order valence-electron chi connectivity index (χ2n) is 8.09. The van der Waals surface area contributed by atoms with E-state index >= 15 is 0 Å². The van der Waals surface area contributed by atoms with Crippen molar-refractivity contribution in [2.45, 2.75) is 122 Å².